The van der Waals surface area contributed by atoms with Gasteiger partial charge in [0.25, 0.3) is 0 Å². The van der Waals surface area contributed by atoms with Gasteiger partial charge < -0.3 is 24.7 Å². The van der Waals surface area contributed by atoms with Crippen LogP contribution in [-0.4, -0.2) is 41.9 Å². The molecule has 148 valence electrons. The molecule has 2 unspecified atom stereocenters. The van der Waals surface area contributed by atoms with E-state index in [1.165, 1.54) is 0 Å². The first-order valence-corrected chi connectivity index (χ1v) is 8.85. The SMILES string of the molecule is C/C=C(\C)ONC(=N)C1(NC(=O)OCc2ccccc2)CCC(CO)OC1. The number of rotatable bonds is 7. The van der Waals surface area contributed by atoms with Crippen LogP contribution in [0.25, 0.3) is 0 Å². The van der Waals surface area contributed by atoms with Gasteiger partial charge in [-0.1, -0.05) is 30.3 Å². The molecule has 2 atom stereocenters. The van der Waals surface area contributed by atoms with E-state index in [0.717, 1.165) is 5.56 Å². The number of nitrogens with one attached hydrogen (secondary N) is 3. The van der Waals surface area contributed by atoms with Crippen LogP contribution < -0.4 is 10.8 Å². The molecule has 27 heavy (non-hydrogen) atoms. The van der Waals surface area contributed by atoms with Gasteiger partial charge in [-0.3, -0.25) is 5.41 Å². The van der Waals surface area contributed by atoms with Crippen LogP contribution in [0.15, 0.2) is 42.2 Å². The number of amidine groups is 1. The van der Waals surface area contributed by atoms with Crippen molar-refractivity contribution in [2.75, 3.05) is 13.2 Å². The number of aliphatic hydroxyl groups is 1. The fraction of sp³-hybridized carbons (Fsp3) is 0.474. The predicted molar refractivity (Wildman–Crippen MR) is 99.9 cm³/mol. The fourth-order valence-corrected chi connectivity index (χ4v) is 2.57. The zero-order chi connectivity index (χ0) is 19.7. The lowest BCUT2D eigenvalue weighted by atomic mass is 9.89. The van der Waals surface area contributed by atoms with Gasteiger partial charge in [-0.15, -0.1) is 0 Å². The number of hydroxylamine groups is 1. The van der Waals surface area contributed by atoms with Gasteiger partial charge in [-0.2, -0.15) is 0 Å². The second-order valence-electron chi connectivity index (χ2n) is 6.40. The Morgan fingerprint density at radius 1 is 1.44 bits per heavy atom. The molecule has 1 amide bonds. The molecule has 2 rings (SSSR count). The standard InChI is InChI=1S/C19H27N3O5/c1-3-14(2)27-22-17(20)19(10-9-16(11-23)26-13-19)21-18(24)25-12-15-7-5-4-6-8-15/h3-8,16,23H,9-13H2,1-2H3,(H2,20,22)(H,21,24)/b14-3+. The zero-order valence-corrected chi connectivity index (χ0v) is 15.7. The van der Waals surface area contributed by atoms with Crippen LogP contribution in [0.1, 0.15) is 32.3 Å². The predicted octanol–water partition coefficient (Wildman–Crippen LogP) is 2.25. The highest BCUT2D eigenvalue weighted by molar-refractivity contribution is 5.91. The molecule has 1 heterocycles. The maximum Gasteiger partial charge on any atom is 0.408 e. The van der Waals surface area contributed by atoms with Crippen LogP contribution in [0.3, 0.4) is 0 Å². The number of alkyl carbamates (subject to hydrolysis) is 1. The minimum absolute atomic E-state index is 0.0305. The van der Waals surface area contributed by atoms with Crippen LogP contribution in [-0.2, 0) is 20.9 Å². The summed E-state index contributed by atoms with van der Waals surface area (Å²) < 4.78 is 10.9. The Morgan fingerprint density at radius 2 is 2.19 bits per heavy atom. The van der Waals surface area contributed by atoms with Crippen molar-refractivity contribution < 1.29 is 24.2 Å². The third-order valence-electron chi connectivity index (χ3n) is 4.42. The highest BCUT2D eigenvalue weighted by Gasteiger charge is 2.42. The number of benzene rings is 1. The minimum Gasteiger partial charge on any atom is -0.445 e. The molecule has 0 aromatic heterocycles. The quantitative estimate of drug-likeness (QED) is 0.251. The van der Waals surface area contributed by atoms with Gasteiger partial charge in [0.15, 0.2) is 5.84 Å². The van der Waals surface area contributed by atoms with Crippen LogP contribution in [0, 0.1) is 5.41 Å². The lowest BCUT2D eigenvalue weighted by Gasteiger charge is -2.39. The highest BCUT2D eigenvalue weighted by Crippen LogP contribution is 2.24. The number of hydrogen-bond donors (Lipinski definition) is 4. The van der Waals surface area contributed by atoms with Gasteiger partial charge in [0.05, 0.1) is 19.3 Å². The number of ether oxygens (including phenoxy) is 2. The maximum absolute atomic E-state index is 12.3. The Morgan fingerprint density at radius 3 is 2.78 bits per heavy atom. The van der Waals surface area contributed by atoms with E-state index in [0.29, 0.717) is 18.6 Å². The number of aliphatic hydroxyl groups excluding tert-OH is 1. The van der Waals surface area contributed by atoms with Crippen molar-refractivity contribution in [3.8, 4) is 0 Å². The second-order valence-corrected chi connectivity index (χ2v) is 6.40. The maximum atomic E-state index is 12.3. The lowest BCUT2D eigenvalue weighted by molar-refractivity contribution is -0.0470. The number of carbonyl (C=O) groups is 1. The number of carbonyl (C=O) groups excluding carboxylic acids is 1. The summed E-state index contributed by atoms with van der Waals surface area (Å²) in [7, 11) is 0. The molecule has 1 aliphatic rings. The third-order valence-corrected chi connectivity index (χ3v) is 4.42. The molecule has 0 radical (unpaired) electrons. The molecule has 0 aliphatic carbocycles. The molecular formula is C19H27N3O5. The van der Waals surface area contributed by atoms with Crippen molar-refractivity contribution in [3.05, 3.63) is 47.7 Å². The Kier molecular flexibility index (Phi) is 7.63. The smallest absolute Gasteiger partial charge is 0.408 e. The third kappa shape index (κ3) is 5.97. The average molecular weight is 377 g/mol. The summed E-state index contributed by atoms with van der Waals surface area (Å²) in [6.45, 7) is 3.60. The van der Waals surface area contributed by atoms with Crippen molar-refractivity contribution in [2.24, 2.45) is 0 Å². The first kappa shape index (κ1) is 20.7. The normalized spacial score (nSPS) is 22.6. The Bertz CT molecular complexity index is 655. The van der Waals surface area contributed by atoms with E-state index in [1.54, 1.807) is 13.0 Å². The topological polar surface area (TPSA) is 113 Å². The van der Waals surface area contributed by atoms with Crippen molar-refractivity contribution in [1.82, 2.24) is 10.8 Å². The van der Waals surface area contributed by atoms with E-state index in [1.807, 2.05) is 37.3 Å². The molecule has 8 nitrogen and oxygen atoms in total. The van der Waals surface area contributed by atoms with Crippen LogP contribution in [0.5, 0.6) is 0 Å². The average Bonchev–Trinajstić information content (AvgIpc) is 2.71. The molecule has 0 spiro atoms. The van der Waals surface area contributed by atoms with E-state index in [9.17, 15) is 9.90 Å². The summed E-state index contributed by atoms with van der Waals surface area (Å²) in [4.78, 5) is 17.6. The van der Waals surface area contributed by atoms with E-state index in [4.69, 9.17) is 19.7 Å². The van der Waals surface area contributed by atoms with Crippen LogP contribution >= 0.6 is 0 Å². The number of allylic oxidation sites excluding steroid dienone is 2. The van der Waals surface area contributed by atoms with Crippen LogP contribution in [0.4, 0.5) is 4.79 Å². The van der Waals surface area contributed by atoms with Gasteiger partial charge >= 0.3 is 6.09 Å². The Hall–Kier alpha value is -2.58. The summed E-state index contributed by atoms with van der Waals surface area (Å²) >= 11 is 0. The van der Waals surface area contributed by atoms with E-state index in [-0.39, 0.29) is 31.8 Å². The summed E-state index contributed by atoms with van der Waals surface area (Å²) in [6.07, 6.45) is 1.67. The molecule has 0 saturated carbocycles. The van der Waals surface area contributed by atoms with Crippen molar-refractivity contribution in [3.63, 3.8) is 0 Å². The molecule has 1 aromatic carbocycles. The van der Waals surface area contributed by atoms with E-state index < -0.39 is 11.6 Å². The molecule has 0 bridgehead atoms. The molecule has 1 fully saturated rings. The molecule has 1 saturated heterocycles. The lowest BCUT2D eigenvalue weighted by Crippen LogP contribution is -2.63. The first-order valence-electron chi connectivity index (χ1n) is 8.85. The van der Waals surface area contributed by atoms with E-state index >= 15 is 0 Å². The first-order chi connectivity index (χ1) is 13.0. The number of amides is 1. The van der Waals surface area contributed by atoms with Crippen molar-refractivity contribution in [2.45, 2.75) is 44.9 Å². The number of hydrogen-bond acceptors (Lipinski definition) is 6. The Balaban J connectivity index is 2.00. The molecule has 8 heteroatoms. The summed E-state index contributed by atoms with van der Waals surface area (Å²) in [5.74, 6) is 0.545. The van der Waals surface area contributed by atoms with Gasteiger partial charge in [0.2, 0.25) is 0 Å². The van der Waals surface area contributed by atoms with Crippen molar-refractivity contribution in [1.29, 1.82) is 5.41 Å². The molecule has 1 aliphatic heterocycles. The van der Waals surface area contributed by atoms with Gasteiger partial charge in [0, 0.05) is 0 Å². The van der Waals surface area contributed by atoms with Gasteiger partial charge in [0.1, 0.15) is 17.9 Å². The van der Waals surface area contributed by atoms with Crippen molar-refractivity contribution >= 4 is 11.9 Å². The fourth-order valence-electron chi connectivity index (χ4n) is 2.57. The monoisotopic (exact) mass is 377 g/mol. The minimum atomic E-state index is -1.12. The largest absolute Gasteiger partial charge is 0.445 e. The molecular weight excluding hydrogens is 350 g/mol. The summed E-state index contributed by atoms with van der Waals surface area (Å²) in [5, 5.41) is 20.3. The highest BCUT2D eigenvalue weighted by atomic mass is 16.6. The second kappa shape index (κ2) is 9.94. The molecule has 4 N–H and O–H groups in total. The van der Waals surface area contributed by atoms with E-state index in [2.05, 4.69) is 10.8 Å². The Labute approximate surface area is 159 Å². The summed E-state index contributed by atoms with van der Waals surface area (Å²) in [5.41, 5.74) is 2.30. The summed E-state index contributed by atoms with van der Waals surface area (Å²) in [6, 6.07) is 9.33. The zero-order valence-electron chi connectivity index (χ0n) is 15.7. The molecule has 1 aromatic rings. The van der Waals surface area contributed by atoms with Crippen LogP contribution in [0.2, 0.25) is 0 Å². The van der Waals surface area contributed by atoms with Gasteiger partial charge in [-0.25, -0.2) is 10.3 Å². The van der Waals surface area contributed by atoms with Gasteiger partial charge in [-0.05, 0) is 38.3 Å².